The summed E-state index contributed by atoms with van der Waals surface area (Å²) in [6, 6.07) is -3.07. The Morgan fingerprint density at radius 3 is 1.59 bits per heavy atom. The molecule has 0 aliphatic heterocycles. The quantitative estimate of drug-likeness (QED) is 0.0557. The number of hydrogen-bond donors (Lipinski definition) is 9. The van der Waals surface area contributed by atoms with Gasteiger partial charge in [-0.15, -0.1) is 0 Å². The van der Waals surface area contributed by atoms with Gasteiger partial charge in [0.05, 0.1) is 5.92 Å². The Kier molecular flexibility index (Phi) is 20.1. The van der Waals surface area contributed by atoms with Gasteiger partial charge in [0.1, 0.15) is 12.1 Å². The van der Waals surface area contributed by atoms with E-state index in [4.69, 9.17) is 15.3 Å². The zero-order chi connectivity index (χ0) is 35.2. The van der Waals surface area contributed by atoms with E-state index in [2.05, 4.69) is 20.7 Å². The van der Waals surface area contributed by atoms with E-state index in [-0.39, 0.29) is 38.1 Å². The number of carboxylic acid groups (broad SMARTS) is 5. The third-order valence-electron chi connectivity index (χ3n) is 6.41. The van der Waals surface area contributed by atoms with Crippen molar-refractivity contribution in [1.82, 2.24) is 21.3 Å². The van der Waals surface area contributed by atoms with Crippen LogP contribution in [0, 0.1) is 5.92 Å². The zero-order valence-electron chi connectivity index (χ0n) is 25.3. The van der Waals surface area contributed by atoms with Crippen molar-refractivity contribution < 1.29 is 73.4 Å². The molecular formula is C27H42N4O15. The van der Waals surface area contributed by atoms with Crippen molar-refractivity contribution >= 4 is 53.7 Å². The molecule has 19 nitrogen and oxygen atoms in total. The highest BCUT2D eigenvalue weighted by Gasteiger charge is 2.28. The Labute approximate surface area is 263 Å². The summed E-state index contributed by atoms with van der Waals surface area (Å²) in [6.45, 7) is 1.98. The SMILES string of the molecule is C[C@H](CCCCNC(=O)CCC(=O)NCCC[C@@H](NC(=O)CC[C@H](OC(=O)N[C@@H](CCC(=O)O)C(=O)O)C(=O)O)C(=O)O)C(=O)O. The number of ether oxygens (including phenoxy) is 1. The van der Waals surface area contributed by atoms with Crippen LogP contribution in [0.4, 0.5) is 4.79 Å². The van der Waals surface area contributed by atoms with Crippen LogP contribution in [0.5, 0.6) is 0 Å². The third-order valence-corrected chi connectivity index (χ3v) is 6.41. The van der Waals surface area contributed by atoms with Crippen molar-refractivity contribution in [3.8, 4) is 0 Å². The molecule has 0 unspecified atom stereocenters. The van der Waals surface area contributed by atoms with Crippen LogP contribution >= 0.6 is 0 Å². The van der Waals surface area contributed by atoms with Gasteiger partial charge >= 0.3 is 35.9 Å². The molecule has 0 fully saturated rings. The van der Waals surface area contributed by atoms with E-state index >= 15 is 0 Å². The van der Waals surface area contributed by atoms with Crippen LogP contribution in [0.15, 0.2) is 0 Å². The van der Waals surface area contributed by atoms with Crippen molar-refractivity contribution in [1.29, 1.82) is 0 Å². The number of carboxylic acids is 5. The van der Waals surface area contributed by atoms with E-state index in [1.807, 2.05) is 5.32 Å². The van der Waals surface area contributed by atoms with E-state index in [0.29, 0.717) is 25.8 Å². The predicted molar refractivity (Wildman–Crippen MR) is 153 cm³/mol. The van der Waals surface area contributed by atoms with Crippen molar-refractivity contribution in [2.45, 2.75) is 95.7 Å². The molecule has 0 aliphatic rings. The molecule has 0 radical (unpaired) electrons. The molecule has 4 atom stereocenters. The lowest BCUT2D eigenvalue weighted by Crippen LogP contribution is -2.44. The molecule has 0 aliphatic carbocycles. The highest BCUT2D eigenvalue weighted by atomic mass is 16.6. The van der Waals surface area contributed by atoms with Crippen molar-refractivity contribution in [2.24, 2.45) is 5.92 Å². The van der Waals surface area contributed by atoms with Gasteiger partial charge in [0.15, 0.2) is 0 Å². The monoisotopic (exact) mass is 662 g/mol. The molecule has 0 aromatic carbocycles. The molecule has 0 rings (SSSR count). The lowest BCUT2D eigenvalue weighted by molar-refractivity contribution is -0.148. The smallest absolute Gasteiger partial charge is 0.408 e. The Morgan fingerprint density at radius 2 is 1.09 bits per heavy atom. The normalized spacial score (nSPS) is 13.2. The Bertz CT molecular complexity index is 1100. The fourth-order valence-electron chi connectivity index (χ4n) is 3.71. The van der Waals surface area contributed by atoms with Gasteiger partial charge in [-0.05, 0) is 32.1 Å². The van der Waals surface area contributed by atoms with Gasteiger partial charge in [-0.25, -0.2) is 19.2 Å². The van der Waals surface area contributed by atoms with Crippen LogP contribution < -0.4 is 21.3 Å². The van der Waals surface area contributed by atoms with E-state index < -0.39 is 97.5 Å². The molecule has 0 aromatic rings. The second-order valence-corrected chi connectivity index (χ2v) is 10.3. The molecular weight excluding hydrogens is 620 g/mol. The maximum absolute atomic E-state index is 12.3. The largest absolute Gasteiger partial charge is 0.481 e. The molecule has 0 spiro atoms. The summed E-state index contributed by atoms with van der Waals surface area (Å²) in [5.74, 6) is -9.04. The Hall–Kier alpha value is -4.97. The van der Waals surface area contributed by atoms with Gasteiger partial charge in [-0.1, -0.05) is 13.3 Å². The van der Waals surface area contributed by atoms with Crippen molar-refractivity contribution in [3.05, 3.63) is 0 Å². The molecule has 46 heavy (non-hydrogen) atoms. The van der Waals surface area contributed by atoms with Gasteiger partial charge < -0.3 is 51.5 Å². The van der Waals surface area contributed by atoms with E-state index in [1.165, 1.54) is 0 Å². The van der Waals surface area contributed by atoms with Crippen LogP contribution in [0.25, 0.3) is 0 Å². The summed E-state index contributed by atoms with van der Waals surface area (Å²) in [7, 11) is 0. The molecule has 4 amide bonds. The first-order valence-corrected chi connectivity index (χ1v) is 14.5. The van der Waals surface area contributed by atoms with Crippen LogP contribution in [0.1, 0.15) is 77.6 Å². The van der Waals surface area contributed by atoms with Gasteiger partial charge in [0, 0.05) is 45.2 Å². The summed E-state index contributed by atoms with van der Waals surface area (Å²) in [5.41, 5.74) is 0. The summed E-state index contributed by atoms with van der Waals surface area (Å²) in [4.78, 5) is 104. The first-order chi connectivity index (χ1) is 21.5. The average molecular weight is 663 g/mol. The van der Waals surface area contributed by atoms with Gasteiger partial charge in [-0.3, -0.25) is 24.0 Å². The van der Waals surface area contributed by atoms with E-state index in [9.17, 15) is 53.4 Å². The van der Waals surface area contributed by atoms with E-state index in [0.717, 1.165) is 0 Å². The second-order valence-electron chi connectivity index (χ2n) is 10.3. The minimum atomic E-state index is -1.91. The van der Waals surface area contributed by atoms with Crippen LogP contribution in [0.2, 0.25) is 0 Å². The number of rotatable bonds is 25. The molecule has 260 valence electrons. The van der Waals surface area contributed by atoms with E-state index in [1.54, 1.807) is 6.92 Å². The second kappa shape index (κ2) is 22.5. The molecule has 0 saturated carbocycles. The van der Waals surface area contributed by atoms with Gasteiger partial charge in [-0.2, -0.15) is 0 Å². The lowest BCUT2D eigenvalue weighted by Gasteiger charge is -2.18. The molecule has 0 aromatic heterocycles. The zero-order valence-corrected chi connectivity index (χ0v) is 25.3. The molecule has 0 bridgehead atoms. The number of carbonyl (C=O) groups excluding carboxylic acids is 4. The summed E-state index contributed by atoms with van der Waals surface area (Å²) in [6.07, 6.45) is -4.17. The highest BCUT2D eigenvalue weighted by molar-refractivity contribution is 5.85. The number of hydrogen-bond acceptors (Lipinski definition) is 10. The minimum Gasteiger partial charge on any atom is -0.481 e. The highest BCUT2D eigenvalue weighted by Crippen LogP contribution is 2.08. The summed E-state index contributed by atoms with van der Waals surface area (Å²) < 4.78 is 4.64. The number of nitrogens with one attached hydrogen (secondary N) is 4. The fourth-order valence-corrected chi connectivity index (χ4v) is 3.71. The van der Waals surface area contributed by atoms with Crippen molar-refractivity contribution in [3.63, 3.8) is 0 Å². The first kappa shape index (κ1) is 41.0. The Balaban J connectivity index is 4.47. The number of alkyl carbamates (subject to hydrolysis) is 1. The third kappa shape index (κ3) is 20.1. The number of unbranched alkanes of at least 4 members (excludes halogenated alkanes) is 1. The molecule has 9 N–H and O–H groups in total. The maximum Gasteiger partial charge on any atom is 0.408 e. The summed E-state index contributed by atoms with van der Waals surface area (Å²) in [5, 5.41) is 54.4. The predicted octanol–water partition coefficient (Wildman–Crippen LogP) is -0.483. The summed E-state index contributed by atoms with van der Waals surface area (Å²) >= 11 is 0. The minimum absolute atomic E-state index is 0.0374. The average Bonchev–Trinajstić information content (AvgIpc) is 2.96. The lowest BCUT2D eigenvalue weighted by atomic mass is 10.0. The number of aliphatic carboxylic acids is 5. The number of amides is 4. The Morgan fingerprint density at radius 1 is 0.543 bits per heavy atom. The van der Waals surface area contributed by atoms with Crippen molar-refractivity contribution in [2.75, 3.05) is 13.1 Å². The first-order valence-electron chi connectivity index (χ1n) is 14.5. The standard InChI is InChI=1S/C27H42N4O15/c1-15(23(37)38)5-2-3-13-28-19(32)10-11-20(33)29-14-4-6-16(24(39)40)30-21(34)9-8-18(26(43)44)46-27(45)31-17(25(41)42)7-12-22(35)36/h15-18H,2-14H2,1H3,(H,28,32)(H,29,33)(H,30,34)(H,31,45)(H,35,36)(H,37,38)(H,39,40)(H,41,42)(H,43,44)/t15-,16-,17+,18+/m1/s1. The molecule has 0 heterocycles. The van der Waals surface area contributed by atoms with Gasteiger partial charge in [0.25, 0.3) is 0 Å². The number of carbonyl (C=O) groups is 9. The van der Waals surface area contributed by atoms with Crippen LogP contribution in [-0.4, -0.2) is 110 Å². The topological polar surface area (TPSA) is 312 Å². The van der Waals surface area contributed by atoms with Gasteiger partial charge in [0.2, 0.25) is 23.8 Å². The molecule has 0 saturated heterocycles. The fraction of sp³-hybridized carbons (Fsp3) is 0.667. The van der Waals surface area contributed by atoms with Crippen LogP contribution in [0.3, 0.4) is 0 Å². The van der Waals surface area contributed by atoms with Crippen LogP contribution in [-0.2, 0) is 43.1 Å². The molecule has 19 heteroatoms. The maximum atomic E-state index is 12.3.